The molecule has 0 radical (unpaired) electrons. The second-order valence-corrected chi connectivity index (χ2v) is 7.34. The van der Waals surface area contributed by atoms with Crippen LogP contribution in [-0.2, 0) is 13.0 Å². The molecule has 0 aromatic heterocycles. The van der Waals surface area contributed by atoms with Crippen LogP contribution in [0.1, 0.15) is 44.7 Å². The third-order valence-corrected chi connectivity index (χ3v) is 5.02. The minimum Gasteiger partial charge on any atom is -0.487 e. The van der Waals surface area contributed by atoms with Crippen molar-refractivity contribution in [1.29, 1.82) is 0 Å². The molecule has 2 atom stereocenters. The van der Waals surface area contributed by atoms with Crippen molar-refractivity contribution < 1.29 is 4.74 Å². The highest BCUT2D eigenvalue weighted by Gasteiger charge is 2.33. The summed E-state index contributed by atoms with van der Waals surface area (Å²) in [6.07, 6.45) is 3.58. The molecule has 0 saturated carbocycles. The molecular formula is C18H28N2O. The normalized spacial score (nSPS) is 28.2. The van der Waals surface area contributed by atoms with Gasteiger partial charge in [-0.25, -0.2) is 0 Å². The molecule has 1 saturated heterocycles. The first-order chi connectivity index (χ1) is 10.00. The number of hydrogen-bond donors (Lipinski definition) is 1. The molecule has 2 aliphatic rings. The molecule has 1 aromatic rings. The van der Waals surface area contributed by atoms with Crippen LogP contribution in [0.15, 0.2) is 18.2 Å². The van der Waals surface area contributed by atoms with Gasteiger partial charge in [0.25, 0.3) is 0 Å². The summed E-state index contributed by atoms with van der Waals surface area (Å²) < 4.78 is 6.20. The molecule has 3 rings (SSSR count). The van der Waals surface area contributed by atoms with Crippen LogP contribution in [0.2, 0.25) is 0 Å². The molecule has 2 unspecified atom stereocenters. The van der Waals surface area contributed by atoms with Gasteiger partial charge in [-0.3, -0.25) is 4.90 Å². The minimum atomic E-state index is -0.0686. The molecule has 0 amide bonds. The molecular weight excluding hydrogens is 260 g/mol. The zero-order valence-electron chi connectivity index (χ0n) is 13.6. The van der Waals surface area contributed by atoms with E-state index < -0.39 is 0 Å². The first kappa shape index (κ1) is 14.9. The maximum Gasteiger partial charge on any atom is 0.127 e. The van der Waals surface area contributed by atoms with Crippen LogP contribution in [0.25, 0.3) is 0 Å². The van der Waals surface area contributed by atoms with Crippen molar-refractivity contribution in [3.05, 3.63) is 29.3 Å². The Hall–Kier alpha value is -1.06. The summed E-state index contributed by atoms with van der Waals surface area (Å²) in [5, 5.41) is 0. The van der Waals surface area contributed by atoms with Crippen LogP contribution in [0.5, 0.6) is 5.75 Å². The lowest BCUT2D eigenvalue weighted by molar-refractivity contribution is 0.0946. The Bertz CT molecular complexity index is 512. The lowest BCUT2D eigenvalue weighted by Gasteiger charge is -2.39. The number of nitrogens with two attached hydrogens (primary N) is 1. The van der Waals surface area contributed by atoms with Gasteiger partial charge < -0.3 is 10.5 Å². The van der Waals surface area contributed by atoms with Crippen LogP contribution in [0.4, 0.5) is 0 Å². The topological polar surface area (TPSA) is 38.5 Å². The number of piperidine rings is 1. The Labute approximate surface area is 128 Å². The fourth-order valence-electron chi connectivity index (χ4n) is 3.93. The van der Waals surface area contributed by atoms with Gasteiger partial charge in [-0.05, 0) is 44.7 Å². The number of hydrogen-bond acceptors (Lipinski definition) is 3. The highest BCUT2D eigenvalue weighted by Crippen LogP contribution is 2.38. The second kappa shape index (κ2) is 5.62. The molecule has 3 heteroatoms. The molecule has 0 bridgehead atoms. The summed E-state index contributed by atoms with van der Waals surface area (Å²) >= 11 is 0. The maximum atomic E-state index is 6.20. The van der Waals surface area contributed by atoms with Crippen LogP contribution < -0.4 is 10.5 Å². The van der Waals surface area contributed by atoms with Crippen molar-refractivity contribution in [3.8, 4) is 5.75 Å². The standard InChI is InChI=1S/C18H28N2O/c1-13-6-5-9-20(16(13)11-19)12-15-8-4-7-14-10-18(2,3)21-17(14)15/h4,7-8,13,16H,5-6,9-12,19H2,1-3H3. The van der Waals surface area contributed by atoms with E-state index >= 15 is 0 Å². The summed E-state index contributed by atoms with van der Waals surface area (Å²) in [6.45, 7) is 9.54. The van der Waals surface area contributed by atoms with Crippen molar-refractivity contribution in [1.82, 2.24) is 4.90 Å². The van der Waals surface area contributed by atoms with Gasteiger partial charge in [-0.1, -0.05) is 25.1 Å². The number of nitrogens with zero attached hydrogens (tertiary/aromatic N) is 1. The van der Waals surface area contributed by atoms with E-state index in [1.807, 2.05) is 0 Å². The van der Waals surface area contributed by atoms with Crippen LogP contribution in [-0.4, -0.2) is 29.6 Å². The lowest BCUT2D eigenvalue weighted by Crippen LogP contribution is -2.48. The summed E-state index contributed by atoms with van der Waals surface area (Å²) in [6, 6.07) is 7.09. The number of rotatable bonds is 3. The van der Waals surface area contributed by atoms with Gasteiger partial charge >= 0.3 is 0 Å². The van der Waals surface area contributed by atoms with Crippen molar-refractivity contribution in [2.45, 2.75) is 58.2 Å². The van der Waals surface area contributed by atoms with E-state index in [1.54, 1.807) is 0 Å². The first-order valence-corrected chi connectivity index (χ1v) is 8.24. The molecule has 116 valence electrons. The van der Waals surface area contributed by atoms with Crippen LogP contribution >= 0.6 is 0 Å². The van der Waals surface area contributed by atoms with E-state index in [1.165, 1.54) is 24.0 Å². The Morgan fingerprint density at radius 2 is 2.19 bits per heavy atom. The number of para-hydroxylation sites is 1. The first-order valence-electron chi connectivity index (χ1n) is 8.24. The summed E-state index contributed by atoms with van der Waals surface area (Å²) in [4.78, 5) is 2.55. The van der Waals surface area contributed by atoms with Crippen LogP contribution in [0.3, 0.4) is 0 Å². The van der Waals surface area contributed by atoms with Crippen molar-refractivity contribution in [3.63, 3.8) is 0 Å². The molecule has 0 aliphatic carbocycles. The maximum absolute atomic E-state index is 6.20. The van der Waals surface area contributed by atoms with Gasteiger partial charge in [0.15, 0.2) is 0 Å². The van der Waals surface area contributed by atoms with Gasteiger partial charge in [0, 0.05) is 31.1 Å². The fraction of sp³-hybridized carbons (Fsp3) is 0.667. The largest absolute Gasteiger partial charge is 0.487 e. The highest BCUT2D eigenvalue weighted by molar-refractivity contribution is 5.45. The van der Waals surface area contributed by atoms with Crippen LogP contribution in [0, 0.1) is 5.92 Å². The predicted molar refractivity (Wildman–Crippen MR) is 86.5 cm³/mol. The number of benzene rings is 1. The average molecular weight is 288 g/mol. The molecule has 1 fully saturated rings. The molecule has 0 spiro atoms. The Balaban J connectivity index is 1.81. The van der Waals surface area contributed by atoms with E-state index in [-0.39, 0.29) is 5.60 Å². The van der Waals surface area contributed by atoms with E-state index in [0.717, 1.165) is 31.8 Å². The summed E-state index contributed by atoms with van der Waals surface area (Å²) in [5.41, 5.74) is 8.63. The highest BCUT2D eigenvalue weighted by atomic mass is 16.5. The number of fused-ring (bicyclic) bond motifs is 1. The molecule has 2 N–H and O–H groups in total. The monoisotopic (exact) mass is 288 g/mol. The summed E-state index contributed by atoms with van der Waals surface area (Å²) in [7, 11) is 0. The summed E-state index contributed by atoms with van der Waals surface area (Å²) in [5.74, 6) is 1.81. The molecule has 2 heterocycles. The van der Waals surface area contributed by atoms with Crippen molar-refractivity contribution in [2.75, 3.05) is 13.1 Å². The molecule has 3 nitrogen and oxygen atoms in total. The smallest absolute Gasteiger partial charge is 0.127 e. The van der Waals surface area contributed by atoms with Crippen molar-refractivity contribution in [2.24, 2.45) is 11.7 Å². The minimum absolute atomic E-state index is 0.0686. The Kier molecular flexibility index (Phi) is 3.98. The van der Waals surface area contributed by atoms with E-state index in [0.29, 0.717) is 12.0 Å². The quantitative estimate of drug-likeness (QED) is 0.929. The third-order valence-electron chi connectivity index (χ3n) is 5.02. The molecule has 21 heavy (non-hydrogen) atoms. The lowest BCUT2D eigenvalue weighted by atomic mass is 9.90. The fourth-order valence-corrected chi connectivity index (χ4v) is 3.93. The zero-order chi connectivity index (χ0) is 15.0. The molecule has 1 aromatic carbocycles. The predicted octanol–water partition coefficient (Wildman–Crippen LogP) is 2.96. The average Bonchev–Trinajstić information content (AvgIpc) is 2.74. The Morgan fingerprint density at radius 1 is 1.38 bits per heavy atom. The Morgan fingerprint density at radius 3 is 2.95 bits per heavy atom. The SMILES string of the molecule is CC1CCCN(Cc2cccc3c2OC(C)(C)C3)C1CN. The molecule has 2 aliphatic heterocycles. The van der Waals surface area contributed by atoms with E-state index in [2.05, 4.69) is 43.9 Å². The zero-order valence-corrected chi connectivity index (χ0v) is 13.6. The number of ether oxygens (including phenoxy) is 1. The van der Waals surface area contributed by atoms with Gasteiger partial charge in [-0.15, -0.1) is 0 Å². The second-order valence-electron chi connectivity index (χ2n) is 7.34. The van der Waals surface area contributed by atoms with Gasteiger partial charge in [-0.2, -0.15) is 0 Å². The van der Waals surface area contributed by atoms with Crippen molar-refractivity contribution >= 4 is 0 Å². The van der Waals surface area contributed by atoms with Gasteiger partial charge in [0.2, 0.25) is 0 Å². The van der Waals surface area contributed by atoms with Gasteiger partial charge in [0.05, 0.1) is 0 Å². The van der Waals surface area contributed by atoms with E-state index in [9.17, 15) is 0 Å². The van der Waals surface area contributed by atoms with Gasteiger partial charge in [0.1, 0.15) is 11.4 Å². The third kappa shape index (κ3) is 2.95. The number of likely N-dealkylation sites (tertiary alicyclic amines) is 1. The van der Waals surface area contributed by atoms with E-state index in [4.69, 9.17) is 10.5 Å².